The molecule has 3 aromatic heterocycles. The number of nitrogens with one attached hydrogen (secondary N) is 1. The highest BCUT2D eigenvalue weighted by Crippen LogP contribution is 2.54. The third kappa shape index (κ3) is 2.69. The van der Waals surface area contributed by atoms with Crippen molar-refractivity contribution in [3.63, 3.8) is 0 Å². The van der Waals surface area contributed by atoms with Crippen molar-refractivity contribution in [1.29, 1.82) is 0 Å². The maximum absolute atomic E-state index is 12.9. The Bertz CT molecular complexity index is 1070. The first-order chi connectivity index (χ1) is 13.1. The van der Waals surface area contributed by atoms with Gasteiger partial charge in [0.05, 0.1) is 4.88 Å². The molecule has 1 N–H and O–H groups in total. The molecule has 4 heterocycles. The molecule has 0 saturated heterocycles. The number of carbonyl (C=O) groups excluding carboxylic acids is 2. The summed E-state index contributed by atoms with van der Waals surface area (Å²) >= 11 is 1.57. The first-order valence-corrected chi connectivity index (χ1v) is 9.79. The molecule has 1 aliphatic carbocycles. The van der Waals surface area contributed by atoms with Crippen LogP contribution in [0.2, 0.25) is 0 Å². The number of aryl methyl sites for hydroxylation is 1. The number of carbonyl (C=O) groups is 2. The number of hydrogen-bond acceptors (Lipinski definition) is 6. The number of thiophene rings is 1. The molecule has 1 fully saturated rings. The van der Waals surface area contributed by atoms with Crippen LogP contribution in [-0.4, -0.2) is 49.6 Å². The lowest BCUT2D eigenvalue weighted by atomic mass is 9.91. The van der Waals surface area contributed by atoms with Crippen LogP contribution in [0.1, 0.15) is 39.9 Å². The Balaban J connectivity index is 1.34. The molecule has 27 heavy (non-hydrogen) atoms. The van der Waals surface area contributed by atoms with Crippen LogP contribution in [0.15, 0.2) is 24.5 Å². The van der Waals surface area contributed by atoms with E-state index in [4.69, 9.17) is 0 Å². The fourth-order valence-electron chi connectivity index (χ4n) is 3.69. The second kappa shape index (κ2) is 5.85. The summed E-state index contributed by atoms with van der Waals surface area (Å²) in [5.41, 5.74) is 1.87. The standard InChI is InChI=1S/C18H18N6O2S/c1-2-11-7-12-16(27-11)17(26)23(9-18(12)5-6-18)8-15(25)20-13-3-4-14-21-19-10-24(14)22-13/h3-4,7,10H,2,5-6,8-9H2,1H3,(H,20,22,25). The highest BCUT2D eigenvalue weighted by atomic mass is 32.1. The van der Waals surface area contributed by atoms with Crippen LogP contribution >= 0.6 is 11.3 Å². The predicted octanol–water partition coefficient (Wildman–Crippen LogP) is 1.87. The van der Waals surface area contributed by atoms with Gasteiger partial charge in [-0.3, -0.25) is 9.59 Å². The number of nitrogens with zero attached hydrogens (tertiary/aromatic N) is 5. The summed E-state index contributed by atoms with van der Waals surface area (Å²) in [6, 6.07) is 5.60. The number of anilines is 1. The van der Waals surface area contributed by atoms with Gasteiger partial charge in [0.25, 0.3) is 5.91 Å². The minimum atomic E-state index is -0.255. The van der Waals surface area contributed by atoms with E-state index in [0.29, 0.717) is 18.0 Å². The van der Waals surface area contributed by atoms with Crippen LogP contribution < -0.4 is 5.32 Å². The topological polar surface area (TPSA) is 92.5 Å². The van der Waals surface area contributed by atoms with Crippen molar-refractivity contribution in [2.24, 2.45) is 0 Å². The van der Waals surface area contributed by atoms with E-state index < -0.39 is 0 Å². The maximum Gasteiger partial charge on any atom is 0.264 e. The zero-order chi connectivity index (χ0) is 18.6. The van der Waals surface area contributed by atoms with Crippen LogP contribution in [0.4, 0.5) is 5.82 Å². The summed E-state index contributed by atoms with van der Waals surface area (Å²) in [6.45, 7) is 2.75. The monoisotopic (exact) mass is 382 g/mol. The van der Waals surface area contributed by atoms with E-state index in [-0.39, 0.29) is 23.8 Å². The minimum Gasteiger partial charge on any atom is -0.328 e. The fourth-order valence-corrected chi connectivity index (χ4v) is 4.88. The van der Waals surface area contributed by atoms with Crippen molar-refractivity contribution in [3.05, 3.63) is 39.8 Å². The first-order valence-electron chi connectivity index (χ1n) is 8.97. The Labute approximate surface area is 159 Å². The third-order valence-corrected chi connectivity index (χ3v) is 6.56. The second-order valence-electron chi connectivity index (χ2n) is 7.15. The van der Waals surface area contributed by atoms with Gasteiger partial charge in [-0.05, 0) is 43.0 Å². The molecule has 0 atom stereocenters. The van der Waals surface area contributed by atoms with Crippen LogP contribution in [0, 0.1) is 0 Å². The lowest BCUT2D eigenvalue weighted by Gasteiger charge is -2.32. The van der Waals surface area contributed by atoms with Crippen molar-refractivity contribution in [1.82, 2.24) is 24.7 Å². The number of aromatic nitrogens is 4. The average Bonchev–Trinajstić information content (AvgIpc) is 3.08. The zero-order valence-corrected chi connectivity index (χ0v) is 15.6. The molecule has 2 aliphatic rings. The molecule has 1 aliphatic heterocycles. The second-order valence-corrected chi connectivity index (χ2v) is 8.29. The summed E-state index contributed by atoms with van der Waals surface area (Å²) < 4.78 is 1.49. The van der Waals surface area contributed by atoms with Gasteiger partial charge >= 0.3 is 0 Å². The highest BCUT2D eigenvalue weighted by molar-refractivity contribution is 7.14. The molecule has 1 saturated carbocycles. The molecule has 9 heteroatoms. The lowest BCUT2D eigenvalue weighted by Crippen LogP contribution is -2.46. The quantitative estimate of drug-likeness (QED) is 0.744. The normalized spacial score (nSPS) is 17.4. The minimum absolute atomic E-state index is 0.0290. The van der Waals surface area contributed by atoms with Crippen molar-refractivity contribution >= 4 is 34.6 Å². The number of fused-ring (bicyclic) bond motifs is 3. The predicted molar refractivity (Wildman–Crippen MR) is 99.9 cm³/mol. The Kier molecular flexibility index (Phi) is 3.55. The molecule has 0 aromatic carbocycles. The average molecular weight is 382 g/mol. The van der Waals surface area contributed by atoms with Crippen molar-refractivity contribution in [2.75, 3.05) is 18.4 Å². The molecule has 3 aromatic rings. The third-order valence-electron chi connectivity index (χ3n) is 5.30. The molecular formula is C18H18N6O2S. The van der Waals surface area contributed by atoms with E-state index in [0.717, 1.165) is 24.1 Å². The van der Waals surface area contributed by atoms with E-state index in [1.54, 1.807) is 28.4 Å². The summed E-state index contributed by atoms with van der Waals surface area (Å²) in [5, 5.41) is 14.6. The fraction of sp³-hybridized carbons (Fsp3) is 0.389. The smallest absolute Gasteiger partial charge is 0.264 e. The van der Waals surface area contributed by atoms with E-state index in [1.807, 2.05) is 0 Å². The van der Waals surface area contributed by atoms with E-state index in [1.165, 1.54) is 21.3 Å². The van der Waals surface area contributed by atoms with Crippen molar-refractivity contribution in [3.8, 4) is 0 Å². The Hall–Kier alpha value is -2.81. The number of hydrogen-bond donors (Lipinski definition) is 1. The van der Waals surface area contributed by atoms with Gasteiger partial charge < -0.3 is 10.2 Å². The van der Waals surface area contributed by atoms with E-state index in [2.05, 4.69) is 33.6 Å². The molecule has 0 radical (unpaired) electrons. The molecule has 1 spiro atoms. The van der Waals surface area contributed by atoms with Gasteiger partial charge in [-0.2, -0.15) is 4.52 Å². The zero-order valence-electron chi connectivity index (χ0n) is 14.8. The largest absolute Gasteiger partial charge is 0.328 e. The van der Waals surface area contributed by atoms with Crippen molar-refractivity contribution in [2.45, 2.75) is 31.6 Å². The van der Waals surface area contributed by atoms with Gasteiger partial charge in [-0.15, -0.1) is 26.6 Å². The van der Waals surface area contributed by atoms with Gasteiger partial charge in [-0.1, -0.05) is 6.92 Å². The SMILES string of the molecule is CCc1cc2c(s1)C(=O)N(CC(=O)Nc1ccc3nncn3n1)CC21CC1. The van der Waals surface area contributed by atoms with Gasteiger partial charge in [0.15, 0.2) is 11.5 Å². The van der Waals surface area contributed by atoms with Gasteiger partial charge in [0.2, 0.25) is 5.91 Å². The number of amides is 2. The summed E-state index contributed by atoms with van der Waals surface area (Å²) in [4.78, 5) is 29.2. The Morgan fingerprint density at radius 2 is 2.22 bits per heavy atom. The van der Waals surface area contributed by atoms with Crippen LogP contribution in [0.25, 0.3) is 5.65 Å². The van der Waals surface area contributed by atoms with Crippen LogP contribution in [0.5, 0.6) is 0 Å². The molecule has 138 valence electrons. The lowest BCUT2D eigenvalue weighted by molar-refractivity contribution is -0.117. The summed E-state index contributed by atoms with van der Waals surface area (Å²) in [7, 11) is 0. The summed E-state index contributed by atoms with van der Waals surface area (Å²) in [6.07, 6.45) is 4.56. The van der Waals surface area contributed by atoms with Crippen molar-refractivity contribution < 1.29 is 9.59 Å². The molecular weight excluding hydrogens is 364 g/mol. The molecule has 8 nitrogen and oxygen atoms in total. The molecule has 2 amide bonds. The molecule has 0 bridgehead atoms. The summed E-state index contributed by atoms with van der Waals surface area (Å²) in [5.74, 6) is 0.113. The van der Waals surface area contributed by atoms with E-state index >= 15 is 0 Å². The Morgan fingerprint density at radius 3 is 3.00 bits per heavy atom. The van der Waals surface area contributed by atoms with Gasteiger partial charge in [0, 0.05) is 16.8 Å². The Morgan fingerprint density at radius 1 is 1.37 bits per heavy atom. The highest BCUT2D eigenvalue weighted by Gasteiger charge is 2.52. The molecule has 5 rings (SSSR count). The molecule has 0 unspecified atom stereocenters. The van der Waals surface area contributed by atoms with Gasteiger partial charge in [-0.25, -0.2) is 0 Å². The number of rotatable bonds is 4. The van der Waals surface area contributed by atoms with Crippen LogP contribution in [-0.2, 0) is 16.6 Å². The van der Waals surface area contributed by atoms with E-state index in [9.17, 15) is 9.59 Å². The van der Waals surface area contributed by atoms with Gasteiger partial charge in [0.1, 0.15) is 12.9 Å². The maximum atomic E-state index is 12.9. The van der Waals surface area contributed by atoms with Crippen LogP contribution in [0.3, 0.4) is 0 Å². The first kappa shape index (κ1) is 16.4.